The lowest BCUT2D eigenvalue weighted by atomic mass is 9.82. The number of hydrogen-bond acceptors (Lipinski definition) is 3. The van der Waals surface area contributed by atoms with E-state index in [2.05, 4.69) is 20.4 Å². The van der Waals surface area contributed by atoms with Crippen LogP contribution in [0.4, 0.5) is 0 Å². The first-order chi connectivity index (χ1) is 6.56. The third-order valence-corrected chi connectivity index (χ3v) is 3.63. The van der Waals surface area contributed by atoms with Gasteiger partial charge in [-0.15, -0.1) is 0 Å². The molecule has 0 N–H and O–H groups in total. The largest absolute Gasteiger partial charge is 0.463 e. The first-order valence-electron chi connectivity index (χ1n) is 5.24. The number of hydrogen-bond donors (Lipinski definition) is 0. The fourth-order valence-corrected chi connectivity index (χ4v) is 2.03. The zero-order valence-corrected chi connectivity index (χ0v) is 9.13. The van der Waals surface area contributed by atoms with Gasteiger partial charge in [-0.05, 0) is 19.8 Å². The molecule has 2 bridgehead atoms. The monoisotopic (exact) mass is 198 g/mol. The zero-order valence-electron chi connectivity index (χ0n) is 9.13. The maximum atomic E-state index is 5.75. The summed E-state index contributed by atoms with van der Waals surface area (Å²) in [7, 11) is 0. The molecule has 0 saturated carbocycles. The molecule has 3 heteroatoms. The van der Waals surface area contributed by atoms with Gasteiger partial charge in [-0.25, -0.2) is 0 Å². The van der Waals surface area contributed by atoms with E-state index >= 15 is 0 Å². The molecule has 2 aliphatic heterocycles. The standard InChI is InChI=1S/C11H18O3/c1-5-11(6-2)7-12-10(4)8(3)13-9(11)14-10/h9H,3,5-7H2,1-2,4H3. The van der Waals surface area contributed by atoms with Crippen LogP contribution in [0.1, 0.15) is 33.6 Å². The molecule has 2 heterocycles. The third-order valence-electron chi connectivity index (χ3n) is 3.63. The molecule has 2 saturated heterocycles. The van der Waals surface area contributed by atoms with Gasteiger partial charge in [0.2, 0.25) is 12.1 Å². The van der Waals surface area contributed by atoms with Crippen LogP contribution in [0.3, 0.4) is 0 Å². The van der Waals surface area contributed by atoms with Gasteiger partial charge in [0, 0.05) is 0 Å². The van der Waals surface area contributed by atoms with Crippen molar-refractivity contribution in [1.82, 2.24) is 0 Å². The zero-order chi connectivity index (χ0) is 10.4. The molecule has 80 valence electrons. The summed E-state index contributed by atoms with van der Waals surface area (Å²) in [5.74, 6) is -0.107. The predicted octanol–water partition coefficient (Wildman–Crippen LogP) is 2.43. The topological polar surface area (TPSA) is 27.7 Å². The lowest BCUT2D eigenvalue weighted by Gasteiger charge is -2.40. The van der Waals surface area contributed by atoms with Crippen molar-refractivity contribution < 1.29 is 14.2 Å². The summed E-state index contributed by atoms with van der Waals surface area (Å²) in [6, 6.07) is 0. The molecule has 2 unspecified atom stereocenters. The second kappa shape index (κ2) is 2.97. The maximum absolute atomic E-state index is 5.75. The van der Waals surface area contributed by atoms with Crippen molar-refractivity contribution in [2.75, 3.05) is 6.61 Å². The van der Waals surface area contributed by atoms with Gasteiger partial charge in [0.15, 0.2) is 5.76 Å². The average Bonchev–Trinajstić information content (AvgIpc) is 2.42. The number of rotatable bonds is 2. The first kappa shape index (κ1) is 9.99. The highest BCUT2D eigenvalue weighted by atomic mass is 16.8. The van der Waals surface area contributed by atoms with Gasteiger partial charge in [0.25, 0.3) is 0 Å². The van der Waals surface area contributed by atoms with Gasteiger partial charge in [-0.3, -0.25) is 0 Å². The summed E-state index contributed by atoms with van der Waals surface area (Å²) in [5.41, 5.74) is -0.00104. The van der Waals surface area contributed by atoms with Gasteiger partial charge in [-0.2, -0.15) is 0 Å². The van der Waals surface area contributed by atoms with Gasteiger partial charge in [0.05, 0.1) is 12.0 Å². The molecule has 0 spiro atoms. The third kappa shape index (κ3) is 1.12. The Kier molecular flexibility index (Phi) is 2.12. The van der Waals surface area contributed by atoms with Crippen LogP contribution in [-0.2, 0) is 14.2 Å². The number of ether oxygens (including phenoxy) is 3. The van der Waals surface area contributed by atoms with Crippen molar-refractivity contribution in [3.63, 3.8) is 0 Å². The van der Waals surface area contributed by atoms with Crippen LogP contribution in [0.5, 0.6) is 0 Å². The minimum absolute atomic E-state index is 0.00104. The van der Waals surface area contributed by atoms with Crippen molar-refractivity contribution in [3.05, 3.63) is 12.3 Å². The van der Waals surface area contributed by atoms with Crippen LogP contribution in [-0.4, -0.2) is 18.7 Å². The van der Waals surface area contributed by atoms with Crippen LogP contribution in [0.25, 0.3) is 0 Å². The van der Waals surface area contributed by atoms with E-state index in [1.165, 1.54) is 0 Å². The molecule has 2 atom stereocenters. The van der Waals surface area contributed by atoms with Crippen molar-refractivity contribution in [1.29, 1.82) is 0 Å². The molecule has 0 aromatic carbocycles. The minimum atomic E-state index is -0.710. The molecule has 2 aliphatic rings. The fraction of sp³-hybridized carbons (Fsp3) is 0.818. The SMILES string of the molecule is C=C1OC2OC1(C)OCC2(CC)CC. The molecule has 0 radical (unpaired) electrons. The number of fused-ring (bicyclic) bond motifs is 2. The van der Waals surface area contributed by atoms with E-state index in [4.69, 9.17) is 14.2 Å². The molecule has 0 amide bonds. The quantitative estimate of drug-likeness (QED) is 0.682. The van der Waals surface area contributed by atoms with Gasteiger partial charge in [-0.1, -0.05) is 20.4 Å². The molecular weight excluding hydrogens is 180 g/mol. The van der Waals surface area contributed by atoms with E-state index in [0.29, 0.717) is 12.4 Å². The summed E-state index contributed by atoms with van der Waals surface area (Å²) < 4.78 is 17.1. The highest BCUT2D eigenvalue weighted by Gasteiger charge is 2.56. The van der Waals surface area contributed by atoms with Gasteiger partial charge < -0.3 is 14.2 Å². The molecule has 2 fully saturated rings. The van der Waals surface area contributed by atoms with Crippen LogP contribution in [0.15, 0.2) is 12.3 Å². The highest BCUT2D eigenvalue weighted by Crippen LogP contribution is 2.49. The molecule has 0 aromatic rings. The lowest BCUT2D eigenvalue weighted by molar-refractivity contribution is -0.303. The Bertz CT molecular complexity index is 257. The van der Waals surface area contributed by atoms with E-state index in [1.54, 1.807) is 0 Å². The summed E-state index contributed by atoms with van der Waals surface area (Å²) in [6.07, 6.45) is 1.82. The molecule has 3 nitrogen and oxygen atoms in total. The Morgan fingerprint density at radius 1 is 1.43 bits per heavy atom. The maximum Gasteiger partial charge on any atom is 0.227 e. The van der Waals surface area contributed by atoms with Crippen LogP contribution < -0.4 is 0 Å². The molecule has 0 aromatic heterocycles. The van der Waals surface area contributed by atoms with Crippen LogP contribution in [0.2, 0.25) is 0 Å². The van der Waals surface area contributed by atoms with Gasteiger partial charge >= 0.3 is 0 Å². The second-order valence-electron chi connectivity index (χ2n) is 4.29. The van der Waals surface area contributed by atoms with E-state index < -0.39 is 5.79 Å². The summed E-state index contributed by atoms with van der Waals surface area (Å²) in [5, 5.41) is 0. The van der Waals surface area contributed by atoms with Crippen molar-refractivity contribution >= 4 is 0 Å². The first-order valence-corrected chi connectivity index (χ1v) is 5.24. The second-order valence-corrected chi connectivity index (χ2v) is 4.29. The predicted molar refractivity (Wildman–Crippen MR) is 52.5 cm³/mol. The summed E-state index contributed by atoms with van der Waals surface area (Å²) in [4.78, 5) is 0. The Hall–Kier alpha value is -0.540. The molecule has 2 rings (SSSR count). The smallest absolute Gasteiger partial charge is 0.227 e. The average molecular weight is 198 g/mol. The molecular formula is C11H18O3. The van der Waals surface area contributed by atoms with Crippen LogP contribution >= 0.6 is 0 Å². The summed E-state index contributed by atoms with van der Waals surface area (Å²) in [6.45, 7) is 10.7. The fourth-order valence-electron chi connectivity index (χ4n) is 2.03. The van der Waals surface area contributed by atoms with Crippen molar-refractivity contribution in [2.45, 2.75) is 45.7 Å². The Balaban J connectivity index is 2.26. The van der Waals surface area contributed by atoms with E-state index in [1.807, 2.05) is 6.92 Å². The van der Waals surface area contributed by atoms with E-state index in [9.17, 15) is 0 Å². The van der Waals surface area contributed by atoms with Crippen molar-refractivity contribution in [2.24, 2.45) is 5.41 Å². The molecule has 14 heavy (non-hydrogen) atoms. The van der Waals surface area contributed by atoms with Gasteiger partial charge in [0.1, 0.15) is 0 Å². The van der Waals surface area contributed by atoms with E-state index in [-0.39, 0.29) is 11.7 Å². The Morgan fingerprint density at radius 3 is 2.64 bits per heavy atom. The molecule has 0 aliphatic carbocycles. The Morgan fingerprint density at radius 2 is 2.07 bits per heavy atom. The summed E-state index contributed by atoms with van der Waals surface area (Å²) >= 11 is 0. The minimum Gasteiger partial charge on any atom is -0.463 e. The Labute approximate surface area is 85.0 Å². The van der Waals surface area contributed by atoms with Crippen LogP contribution in [0, 0.1) is 5.41 Å². The van der Waals surface area contributed by atoms with Crippen molar-refractivity contribution in [3.8, 4) is 0 Å². The normalized spacial score (nSPS) is 39.6. The van der Waals surface area contributed by atoms with E-state index in [0.717, 1.165) is 12.8 Å². The lowest BCUT2D eigenvalue weighted by Crippen LogP contribution is -2.48. The highest BCUT2D eigenvalue weighted by molar-refractivity contribution is 5.07.